The highest BCUT2D eigenvalue weighted by Gasteiger charge is 2.31. The van der Waals surface area contributed by atoms with Crippen molar-refractivity contribution in [3.63, 3.8) is 0 Å². The summed E-state index contributed by atoms with van der Waals surface area (Å²) in [5.74, 6) is 0.0413. The molecule has 32 heavy (non-hydrogen) atoms. The molecule has 0 radical (unpaired) electrons. The Hall–Kier alpha value is -3.10. The Morgan fingerprint density at radius 3 is 2.72 bits per heavy atom. The molecule has 0 saturated heterocycles. The highest BCUT2D eigenvalue weighted by Crippen LogP contribution is 2.31. The Labute approximate surface area is 187 Å². The molecule has 8 heteroatoms. The highest BCUT2D eigenvalue weighted by atomic mass is 32.2. The van der Waals surface area contributed by atoms with Crippen molar-refractivity contribution in [1.82, 2.24) is 14.6 Å². The summed E-state index contributed by atoms with van der Waals surface area (Å²) < 4.78 is 33.4. The van der Waals surface area contributed by atoms with Gasteiger partial charge in [0.1, 0.15) is 10.6 Å². The van der Waals surface area contributed by atoms with Crippen LogP contribution in [0.3, 0.4) is 0 Å². The zero-order valence-electron chi connectivity index (χ0n) is 17.8. The van der Waals surface area contributed by atoms with E-state index in [0.717, 1.165) is 30.3 Å². The molecular formula is C24H25N3O4S. The van der Waals surface area contributed by atoms with E-state index in [1.54, 1.807) is 17.0 Å². The predicted molar refractivity (Wildman–Crippen MR) is 123 cm³/mol. The summed E-state index contributed by atoms with van der Waals surface area (Å²) in [6, 6.07) is 12.7. The minimum absolute atomic E-state index is 0.00443. The fourth-order valence-corrected chi connectivity index (χ4v) is 5.62. The maximum atomic E-state index is 13.2. The molecule has 1 amide bonds. The van der Waals surface area contributed by atoms with E-state index in [9.17, 15) is 13.2 Å². The number of nitrogens with zero attached hydrogens (tertiary/aromatic N) is 1. The first-order chi connectivity index (χ1) is 15.5. The number of hydrogen-bond donors (Lipinski definition) is 2. The number of rotatable bonds is 6. The summed E-state index contributed by atoms with van der Waals surface area (Å²) >= 11 is 0. The summed E-state index contributed by atoms with van der Waals surface area (Å²) in [5.41, 5.74) is 3.80. The zero-order valence-corrected chi connectivity index (χ0v) is 18.6. The Balaban J connectivity index is 1.37. The minimum Gasteiger partial charge on any atom is -0.495 e. The van der Waals surface area contributed by atoms with Crippen LogP contribution in [0.2, 0.25) is 0 Å². The van der Waals surface area contributed by atoms with Crippen LogP contribution in [0.4, 0.5) is 0 Å². The second-order valence-corrected chi connectivity index (χ2v) is 9.92. The molecule has 7 nitrogen and oxygen atoms in total. The summed E-state index contributed by atoms with van der Waals surface area (Å²) in [5, 5.41) is 1.17. The van der Waals surface area contributed by atoms with Crippen LogP contribution >= 0.6 is 0 Å². The molecule has 2 aromatic carbocycles. The number of sulfonamides is 1. The number of aromatic nitrogens is 1. The van der Waals surface area contributed by atoms with Gasteiger partial charge in [0.25, 0.3) is 5.91 Å². The van der Waals surface area contributed by atoms with Crippen molar-refractivity contribution in [2.24, 2.45) is 0 Å². The van der Waals surface area contributed by atoms with Gasteiger partial charge in [0.15, 0.2) is 0 Å². The Morgan fingerprint density at radius 2 is 2.00 bits per heavy atom. The van der Waals surface area contributed by atoms with E-state index >= 15 is 0 Å². The number of fused-ring (bicyclic) bond motifs is 1. The molecule has 3 aromatic rings. The van der Waals surface area contributed by atoms with Gasteiger partial charge in [0.2, 0.25) is 10.0 Å². The number of hydrogen-bond acceptors (Lipinski definition) is 4. The Kier molecular flexibility index (Phi) is 5.27. The third-order valence-corrected chi connectivity index (χ3v) is 7.57. The van der Waals surface area contributed by atoms with Gasteiger partial charge >= 0.3 is 0 Å². The lowest BCUT2D eigenvalue weighted by molar-refractivity contribution is 0.0772. The van der Waals surface area contributed by atoms with Crippen LogP contribution in [0.5, 0.6) is 5.75 Å². The number of methoxy groups -OCH3 is 1. The van der Waals surface area contributed by atoms with Crippen LogP contribution in [0, 0.1) is 0 Å². The molecule has 0 atom stereocenters. The van der Waals surface area contributed by atoms with Gasteiger partial charge in [-0.05, 0) is 49.1 Å². The third kappa shape index (κ3) is 3.91. The molecule has 1 aliphatic heterocycles. The zero-order chi connectivity index (χ0) is 22.3. The summed E-state index contributed by atoms with van der Waals surface area (Å²) in [6.45, 7) is 1.04. The van der Waals surface area contributed by atoms with Crippen LogP contribution in [0.1, 0.15) is 35.2 Å². The fourth-order valence-electron chi connectivity index (χ4n) is 4.12. The van der Waals surface area contributed by atoms with Crippen molar-refractivity contribution >= 4 is 32.4 Å². The summed E-state index contributed by atoms with van der Waals surface area (Å²) in [4.78, 5) is 18.2. The molecule has 0 bridgehead atoms. The number of H-pyrrole nitrogens is 1. The van der Waals surface area contributed by atoms with E-state index in [1.165, 1.54) is 24.1 Å². The molecule has 2 aliphatic rings. The van der Waals surface area contributed by atoms with Crippen LogP contribution < -0.4 is 9.46 Å². The monoisotopic (exact) mass is 451 g/mol. The van der Waals surface area contributed by atoms with E-state index in [-0.39, 0.29) is 22.6 Å². The van der Waals surface area contributed by atoms with Crippen LogP contribution in [0.25, 0.3) is 16.5 Å². The number of benzene rings is 2. The molecule has 0 unspecified atom stereocenters. The van der Waals surface area contributed by atoms with Crippen LogP contribution in [-0.4, -0.2) is 50.5 Å². The van der Waals surface area contributed by atoms with Crippen molar-refractivity contribution in [3.8, 4) is 5.75 Å². The molecular weight excluding hydrogens is 426 g/mol. The quantitative estimate of drug-likeness (QED) is 0.600. The maximum absolute atomic E-state index is 13.2. The maximum Gasteiger partial charge on any atom is 0.254 e. The van der Waals surface area contributed by atoms with Gasteiger partial charge in [-0.2, -0.15) is 0 Å². The van der Waals surface area contributed by atoms with Gasteiger partial charge in [0.05, 0.1) is 7.11 Å². The molecule has 1 aromatic heterocycles. The van der Waals surface area contributed by atoms with Gasteiger partial charge in [0, 0.05) is 47.4 Å². The SMILES string of the molecule is COc1ccc(C(=O)N2CC=C(c3c[nH]c4ccccc34)CC2)cc1S(=O)(=O)NC1CC1. The number of carbonyl (C=O) groups is 1. The first kappa shape index (κ1) is 20.8. The second kappa shape index (κ2) is 8.11. The molecule has 1 fully saturated rings. The Morgan fingerprint density at radius 1 is 1.19 bits per heavy atom. The smallest absolute Gasteiger partial charge is 0.254 e. The molecule has 5 rings (SSSR count). The average Bonchev–Trinajstić information content (AvgIpc) is 3.52. The number of ether oxygens (including phenoxy) is 1. The van der Waals surface area contributed by atoms with Gasteiger partial charge < -0.3 is 14.6 Å². The predicted octanol–water partition coefficient (Wildman–Crippen LogP) is 3.55. The molecule has 2 heterocycles. The number of amides is 1. The van der Waals surface area contributed by atoms with Crippen LogP contribution in [-0.2, 0) is 10.0 Å². The van der Waals surface area contributed by atoms with Crippen molar-refractivity contribution in [2.45, 2.75) is 30.2 Å². The molecule has 166 valence electrons. The lowest BCUT2D eigenvalue weighted by Crippen LogP contribution is -2.35. The largest absolute Gasteiger partial charge is 0.495 e. The van der Waals surface area contributed by atoms with E-state index in [2.05, 4.69) is 21.8 Å². The number of aromatic amines is 1. The van der Waals surface area contributed by atoms with E-state index in [0.29, 0.717) is 18.7 Å². The third-order valence-electron chi connectivity index (χ3n) is 6.03. The number of para-hydroxylation sites is 1. The molecule has 2 N–H and O–H groups in total. The van der Waals surface area contributed by atoms with Gasteiger partial charge in [-0.1, -0.05) is 24.3 Å². The normalized spacial score (nSPS) is 16.8. The first-order valence-corrected chi connectivity index (χ1v) is 12.2. The first-order valence-electron chi connectivity index (χ1n) is 10.7. The summed E-state index contributed by atoms with van der Waals surface area (Å²) in [6.07, 6.45) is 6.49. The fraction of sp³-hybridized carbons (Fsp3) is 0.292. The standard InChI is InChI=1S/C24H25N3O4S/c1-31-22-9-6-17(14-23(22)32(29,30)26-18-7-8-18)24(28)27-12-10-16(11-13-27)20-15-25-21-5-3-2-4-19(20)21/h2-6,9-10,14-15,18,25-26H,7-8,11-13H2,1H3. The van der Waals surface area contributed by atoms with Gasteiger partial charge in [-0.3, -0.25) is 4.79 Å². The number of carbonyl (C=O) groups excluding carboxylic acids is 1. The highest BCUT2D eigenvalue weighted by molar-refractivity contribution is 7.89. The number of nitrogens with one attached hydrogen (secondary N) is 2. The minimum atomic E-state index is -3.75. The molecule has 0 spiro atoms. The van der Waals surface area contributed by atoms with Crippen molar-refractivity contribution < 1.29 is 17.9 Å². The van der Waals surface area contributed by atoms with E-state index in [1.807, 2.05) is 24.4 Å². The van der Waals surface area contributed by atoms with E-state index in [4.69, 9.17) is 4.74 Å². The summed E-state index contributed by atoms with van der Waals surface area (Å²) in [7, 11) is -2.32. The average molecular weight is 452 g/mol. The molecule has 1 aliphatic carbocycles. The second-order valence-electron chi connectivity index (χ2n) is 8.24. The van der Waals surface area contributed by atoms with E-state index < -0.39 is 10.0 Å². The van der Waals surface area contributed by atoms with Crippen molar-refractivity contribution in [3.05, 3.63) is 65.9 Å². The van der Waals surface area contributed by atoms with Crippen molar-refractivity contribution in [2.75, 3.05) is 20.2 Å². The lowest BCUT2D eigenvalue weighted by atomic mass is 9.98. The van der Waals surface area contributed by atoms with Gasteiger partial charge in [-0.15, -0.1) is 0 Å². The van der Waals surface area contributed by atoms with Crippen LogP contribution in [0.15, 0.2) is 59.6 Å². The topological polar surface area (TPSA) is 91.5 Å². The Bertz CT molecular complexity index is 1320. The lowest BCUT2D eigenvalue weighted by Gasteiger charge is -2.27. The van der Waals surface area contributed by atoms with Crippen molar-refractivity contribution in [1.29, 1.82) is 0 Å². The van der Waals surface area contributed by atoms with Gasteiger partial charge in [-0.25, -0.2) is 13.1 Å². The molecule has 1 saturated carbocycles.